The second-order valence-electron chi connectivity index (χ2n) is 4.95. The molecule has 0 saturated carbocycles. The fourth-order valence-corrected chi connectivity index (χ4v) is 3.11. The largest absolute Gasteiger partial charge is 0.392 e. The predicted molar refractivity (Wildman–Crippen MR) is 76.4 cm³/mol. The molecule has 0 spiro atoms. The zero-order valence-corrected chi connectivity index (χ0v) is 12.1. The van der Waals surface area contributed by atoms with Crippen LogP contribution in [0, 0.1) is 6.92 Å². The minimum absolute atomic E-state index is 0.0188. The molecule has 1 aliphatic rings. The molecule has 0 amide bonds. The van der Waals surface area contributed by atoms with E-state index in [-0.39, 0.29) is 12.1 Å². The minimum Gasteiger partial charge on any atom is -0.392 e. The Bertz CT molecular complexity index is 587. The molecule has 20 heavy (non-hydrogen) atoms. The maximum Gasteiger partial charge on any atom is 0.243 e. The summed E-state index contributed by atoms with van der Waals surface area (Å²) < 4.78 is 5.27. The van der Waals surface area contributed by atoms with Crippen LogP contribution in [-0.2, 0) is 5.75 Å². The molecule has 1 unspecified atom stereocenters. The van der Waals surface area contributed by atoms with Crippen molar-refractivity contribution < 1.29 is 9.63 Å². The van der Waals surface area contributed by atoms with E-state index in [1.807, 2.05) is 12.1 Å². The Morgan fingerprint density at radius 3 is 3.05 bits per heavy atom. The molecule has 1 aliphatic heterocycles. The van der Waals surface area contributed by atoms with Crippen molar-refractivity contribution in [1.82, 2.24) is 15.5 Å². The van der Waals surface area contributed by atoms with Gasteiger partial charge in [-0.3, -0.25) is 0 Å². The van der Waals surface area contributed by atoms with Gasteiger partial charge in [0, 0.05) is 11.4 Å². The van der Waals surface area contributed by atoms with Gasteiger partial charge in [0.1, 0.15) is 0 Å². The van der Waals surface area contributed by atoms with Crippen LogP contribution in [0.5, 0.6) is 0 Å². The number of nitrogens with zero attached hydrogens (tertiary/aromatic N) is 2. The van der Waals surface area contributed by atoms with Crippen molar-refractivity contribution in [2.75, 3.05) is 6.54 Å². The molecule has 1 aromatic carbocycles. The first-order chi connectivity index (χ1) is 9.72. The molecule has 2 aromatic rings. The average Bonchev–Trinajstić information content (AvgIpc) is 3.06. The SMILES string of the molecule is Cc1ccccc1SCc1noc([C@@H]2CC(O)CN2)n1. The molecule has 2 atom stereocenters. The summed E-state index contributed by atoms with van der Waals surface area (Å²) >= 11 is 1.70. The Morgan fingerprint density at radius 1 is 1.45 bits per heavy atom. The highest BCUT2D eigenvalue weighted by Gasteiger charge is 2.27. The van der Waals surface area contributed by atoms with Crippen molar-refractivity contribution in [2.24, 2.45) is 0 Å². The maximum atomic E-state index is 9.49. The number of β-amino-alcohol motifs (C(OH)–C–C–N with tert-alkyl or cyclic N) is 1. The number of aryl methyl sites for hydroxylation is 1. The van der Waals surface area contributed by atoms with Crippen molar-refractivity contribution in [1.29, 1.82) is 0 Å². The van der Waals surface area contributed by atoms with Gasteiger partial charge >= 0.3 is 0 Å². The van der Waals surface area contributed by atoms with E-state index in [9.17, 15) is 5.11 Å². The first-order valence-electron chi connectivity index (χ1n) is 6.65. The molecule has 1 fully saturated rings. The number of aliphatic hydroxyl groups is 1. The zero-order valence-electron chi connectivity index (χ0n) is 11.2. The van der Waals surface area contributed by atoms with Crippen LogP contribution in [0.15, 0.2) is 33.7 Å². The predicted octanol–water partition coefficient (Wildman–Crippen LogP) is 2.07. The van der Waals surface area contributed by atoms with E-state index in [0.717, 1.165) is 0 Å². The summed E-state index contributed by atoms with van der Waals surface area (Å²) in [6, 6.07) is 8.22. The highest BCUT2D eigenvalue weighted by atomic mass is 32.2. The monoisotopic (exact) mass is 291 g/mol. The molecule has 0 radical (unpaired) electrons. The summed E-state index contributed by atoms with van der Waals surface area (Å²) in [6.07, 6.45) is 0.309. The Hall–Kier alpha value is -1.37. The van der Waals surface area contributed by atoms with E-state index >= 15 is 0 Å². The lowest BCUT2D eigenvalue weighted by atomic mass is 10.2. The Kier molecular flexibility index (Phi) is 4.05. The van der Waals surface area contributed by atoms with Gasteiger partial charge in [0.2, 0.25) is 5.89 Å². The molecule has 1 saturated heterocycles. The fourth-order valence-electron chi connectivity index (χ4n) is 2.23. The summed E-state index contributed by atoms with van der Waals surface area (Å²) in [7, 11) is 0. The summed E-state index contributed by atoms with van der Waals surface area (Å²) in [6.45, 7) is 2.67. The summed E-state index contributed by atoms with van der Waals surface area (Å²) in [5, 5.41) is 16.7. The van der Waals surface area contributed by atoms with Crippen LogP contribution in [-0.4, -0.2) is 27.9 Å². The van der Waals surface area contributed by atoms with Gasteiger partial charge in [-0.1, -0.05) is 23.4 Å². The standard InChI is InChI=1S/C14H17N3O2S/c1-9-4-2-3-5-12(9)20-8-13-16-14(19-17-13)11-6-10(18)7-15-11/h2-5,10-11,15,18H,6-8H2,1H3/t10?,11-/m0/s1. The normalized spacial score (nSPS) is 22.3. The van der Waals surface area contributed by atoms with Crippen molar-refractivity contribution in [3.05, 3.63) is 41.5 Å². The van der Waals surface area contributed by atoms with Crippen LogP contribution < -0.4 is 5.32 Å². The van der Waals surface area contributed by atoms with Crippen LogP contribution in [0.3, 0.4) is 0 Å². The quantitative estimate of drug-likeness (QED) is 0.840. The summed E-state index contributed by atoms with van der Waals surface area (Å²) in [5.74, 6) is 1.95. The average molecular weight is 291 g/mol. The van der Waals surface area contributed by atoms with Gasteiger partial charge < -0.3 is 14.9 Å². The van der Waals surface area contributed by atoms with Gasteiger partial charge in [-0.15, -0.1) is 11.8 Å². The highest BCUT2D eigenvalue weighted by molar-refractivity contribution is 7.98. The van der Waals surface area contributed by atoms with Gasteiger partial charge in [0.15, 0.2) is 5.82 Å². The molecular formula is C14H17N3O2S. The second kappa shape index (κ2) is 5.95. The van der Waals surface area contributed by atoms with E-state index in [4.69, 9.17) is 4.52 Å². The Morgan fingerprint density at radius 2 is 2.30 bits per heavy atom. The van der Waals surface area contributed by atoms with E-state index in [0.29, 0.717) is 30.4 Å². The smallest absolute Gasteiger partial charge is 0.243 e. The molecule has 2 heterocycles. The number of nitrogens with one attached hydrogen (secondary N) is 1. The molecule has 5 nitrogen and oxygen atoms in total. The van der Waals surface area contributed by atoms with E-state index in [2.05, 4.69) is 34.5 Å². The molecule has 106 valence electrons. The van der Waals surface area contributed by atoms with E-state index in [1.54, 1.807) is 11.8 Å². The number of benzene rings is 1. The first-order valence-corrected chi connectivity index (χ1v) is 7.63. The van der Waals surface area contributed by atoms with Crippen LogP contribution in [0.25, 0.3) is 0 Å². The molecular weight excluding hydrogens is 274 g/mol. The van der Waals surface area contributed by atoms with Crippen LogP contribution in [0.2, 0.25) is 0 Å². The van der Waals surface area contributed by atoms with Gasteiger partial charge in [0.05, 0.1) is 17.9 Å². The zero-order chi connectivity index (χ0) is 13.9. The third-order valence-electron chi connectivity index (χ3n) is 3.34. The molecule has 3 rings (SSSR count). The third-order valence-corrected chi connectivity index (χ3v) is 4.51. The summed E-state index contributed by atoms with van der Waals surface area (Å²) in [4.78, 5) is 5.63. The summed E-state index contributed by atoms with van der Waals surface area (Å²) in [5.41, 5.74) is 1.25. The second-order valence-corrected chi connectivity index (χ2v) is 5.97. The van der Waals surface area contributed by atoms with E-state index < -0.39 is 0 Å². The number of hydrogen-bond donors (Lipinski definition) is 2. The number of aromatic nitrogens is 2. The van der Waals surface area contributed by atoms with Crippen LogP contribution in [0.4, 0.5) is 0 Å². The molecule has 6 heteroatoms. The molecule has 0 bridgehead atoms. The molecule has 2 N–H and O–H groups in total. The van der Waals surface area contributed by atoms with Crippen molar-refractivity contribution >= 4 is 11.8 Å². The van der Waals surface area contributed by atoms with Gasteiger partial charge in [0.25, 0.3) is 0 Å². The third kappa shape index (κ3) is 3.03. The highest BCUT2D eigenvalue weighted by Crippen LogP contribution is 2.26. The Balaban J connectivity index is 1.62. The van der Waals surface area contributed by atoms with Gasteiger partial charge in [-0.2, -0.15) is 4.98 Å². The van der Waals surface area contributed by atoms with Crippen molar-refractivity contribution in [3.8, 4) is 0 Å². The number of thioether (sulfide) groups is 1. The number of hydrogen-bond acceptors (Lipinski definition) is 6. The van der Waals surface area contributed by atoms with Gasteiger partial charge in [-0.05, 0) is 25.0 Å². The molecule has 1 aromatic heterocycles. The Labute approximate surface area is 121 Å². The van der Waals surface area contributed by atoms with Crippen molar-refractivity contribution in [3.63, 3.8) is 0 Å². The van der Waals surface area contributed by atoms with Crippen LogP contribution >= 0.6 is 11.8 Å². The van der Waals surface area contributed by atoms with Crippen molar-refractivity contribution in [2.45, 2.75) is 36.1 Å². The van der Waals surface area contributed by atoms with Gasteiger partial charge in [-0.25, -0.2) is 0 Å². The first kappa shape index (κ1) is 13.6. The lowest BCUT2D eigenvalue weighted by Gasteiger charge is -2.02. The number of aliphatic hydroxyl groups excluding tert-OH is 1. The van der Waals surface area contributed by atoms with Crippen LogP contribution in [0.1, 0.15) is 29.7 Å². The topological polar surface area (TPSA) is 71.2 Å². The lowest BCUT2D eigenvalue weighted by Crippen LogP contribution is -2.15. The number of rotatable bonds is 4. The van der Waals surface area contributed by atoms with E-state index in [1.165, 1.54) is 10.5 Å². The minimum atomic E-state index is -0.323. The maximum absolute atomic E-state index is 9.49. The molecule has 0 aliphatic carbocycles. The lowest BCUT2D eigenvalue weighted by molar-refractivity contribution is 0.191. The fraction of sp³-hybridized carbons (Fsp3) is 0.429.